The van der Waals surface area contributed by atoms with Crippen LogP contribution in [-0.2, 0) is 28.4 Å². The molecule has 2 aliphatic rings. The Balaban J connectivity index is 1.22. The van der Waals surface area contributed by atoms with E-state index in [0.717, 1.165) is 32.3 Å². The maximum atomic E-state index is 13.9. The van der Waals surface area contributed by atoms with Crippen LogP contribution in [0.2, 0.25) is 0 Å². The molecule has 2 heterocycles. The third-order valence-electron chi connectivity index (χ3n) is 9.44. The molecule has 5 aromatic carbocycles. The second-order valence-electron chi connectivity index (χ2n) is 12.3. The van der Waals surface area contributed by atoms with Gasteiger partial charge in [0.25, 0.3) is 23.6 Å². The molecule has 2 aliphatic heterocycles. The minimum atomic E-state index is -0.407. The number of fused-ring (bicyclic) bond motifs is 2. The summed E-state index contributed by atoms with van der Waals surface area (Å²) in [5.41, 5.74) is 1.64. The lowest BCUT2D eigenvalue weighted by atomic mass is 9.82. The molecule has 0 fully saturated rings. The fourth-order valence-electron chi connectivity index (χ4n) is 7.11. The summed E-state index contributed by atoms with van der Waals surface area (Å²) < 4.78 is 33.4. The highest BCUT2D eigenvalue weighted by molar-refractivity contribution is 9.11. The van der Waals surface area contributed by atoms with Gasteiger partial charge in [0, 0.05) is 77.7 Å². The second-order valence-corrected chi connectivity index (χ2v) is 14.1. The van der Waals surface area contributed by atoms with Crippen molar-refractivity contribution in [3.05, 3.63) is 67.6 Å². The molecule has 0 saturated heterocycles. The predicted octanol–water partition coefficient (Wildman–Crippen LogP) is 5.81. The topological polar surface area (TPSA) is 130 Å². The van der Waals surface area contributed by atoms with Gasteiger partial charge in [-0.15, -0.1) is 0 Å². The minimum Gasteiger partial charge on any atom is -0.382 e. The quantitative estimate of drug-likeness (QED) is 0.0461. The van der Waals surface area contributed by atoms with Gasteiger partial charge >= 0.3 is 0 Å². The average molecular weight is 841 g/mol. The first-order valence-electron chi connectivity index (χ1n) is 16.9. The third-order valence-corrected chi connectivity index (χ3v) is 10.7. The maximum Gasteiger partial charge on any atom is 0.261 e. The summed E-state index contributed by atoms with van der Waals surface area (Å²) in [6.45, 7) is 3.80. The van der Waals surface area contributed by atoms with E-state index >= 15 is 0 Å². The molecular formula is C38H36Br2N2O10. The van der Waals surface area contributed by atoms with Gasteiger partial charge in [-0.25, -0.2) is 0 Å². The van der Waals surface area contributed by atoms with Crippen LogP contribution >= 0.6 is 31.9 Å². The predicted molar refractivity (Wildman–Crippen MR) is 201 cm³/mol. The first-order chi connectivity index (χ1) is 25.3. The van der Waals surface area contributed by atoms with Crippen molar-refractivity contribution >= 4 is 98.6 Å². The van der Waals surface area contributed by atoms with E-state index < -0.39 is 23.6 Å². The van der Waals surface area contributed by atoms with E-state index in [-0.39, 0.29) is 26.3 Å². The van der Waals surface area contributed by atoms with Crippen molar-refractivity contribution in [2.24, 2.45) is 0 Å². The van der Waals surface area contributed by atoms with Gasteiger partial charge in [0.05, 0.1) is 79.2 Å². The molecule has 0 bridgehead atoms. The molecule has 14 heteroatoms. The largest absolute Gasteiger partial charge is 0.382 e. The molecule has 0 unspecified atom stereocenters. The zero-order valence-corrected chi connectivity index (χ0v) is 31.9. The first kappa shape index (κ1) is 36.7. The number of benzene rings is 5. The molecule has 0 saturated carbocycles. The molecule has 0 aliphatic carbocycles. The number of carbonyl (C=O) groups is 4. The normalized spacial score (nSPS) is 14.5. The highest BCUT2D eigenvalue weighted by Gasteiger charge is 2.38. The molecule has 0 aromatic heterocycles. The van der Waals surface area contributed by atoms with Crippen LogP contribution in [0.4, 0.5) is 0 Å². The molecule has 52 heavy (non-hydrogen) atoms. The number of imide groups is 2. The van der Waals surface area contributed by atoms with E-state index in [0.29, 0.717) is 94.8 Å². The third kappa shape index (κ3) is 6.38. The molecule has 7 rings (SSSR count). The van der Waals surface area contributed by atoms with Crippen molar-refractivity contribution in [2.75, 3.05) is 93.4 Å². The average Bonchev–Trinajstić information content (AvgIpc) is 3.14. The Hall–Kier alpha value is -3.60. The van der Waals surface area contributed by atoms with Gasteiger partial charge < -0.3 is 28.4 Å². The van der Waals surface area contributed by atoms with Gasteiger partial charge in [-0.2, -0.15) is 0 Å². The van der Waals surface area contributed by atoms with Crippen molar-refractivity contribution in [3.63, 3.8) is 0 Å². The van der Waals surface area contributed by atoms with E-state index in [2.05, 4.69) is 31.9 Å². The summed E-state index contributed by atoms with van der Waals surface area (Å²) in [5.74, 6) is -1.61. The van der Waals surface area contributed by atoms with E-state index in [9.17, 15) is 19.2 Å². The Bertz CT molecular complexity index is 2070. The van der Waals surface area contributed by atoms with Gasteiger partial charge in [0.2, 0.25) is 0 Å². The molecule has 0 spiro atoms. The number of nitrogens with zero attached hydrogens (tertiary/aromatic N) is 2. The highest BCUT2D eigenvalue weighted by Crippen LogP contribution is 2.50. The number of hydrogen-bond acceptors (Lipinski definition) is 10. The summed E-state index contributed by atoms with van der Waals surface area (Å²) >= 11 is 7.51. The summed E-state index contributed by atoms with van der Waals surface area (Å²) in [6, 6.07) is 10.8. The van der Waals surface area contributed by atoms with Crippen molar-refractivity contribution in [1.29, 1.82) is 0 Å². The van der Waals surface area contributed by atoms with Crippen LogP contribution in [-0.4, -0.2) is 127 Å². The smallest absolute Gasteiger partial charge is 0.261 e. The zero-order valence-electron chi connectivity index (χ0n) is 28.7. The van der Waals surface area contributed by atoms with Crippen LogP contribution in [0.25, 0.3) is 43.1 Å². The highest BCUT2D eigenvalue weighted by atomic mass is 79.9. The van der Waals surface area contributed by atoms with E-state index in [4.69, 9.17) is 28.4 Å². The van der Waals surface area contributed by atoms with Gasteiger partial charge in [-0.1, -0.05) is 44.0 Å². The molecule has 0 N–H and O–H groups in total. The van der Waals surface area contributed by atoms with Gasteiger partial charge in [-0.05, 0) is 35.0 Å². The first-order valence-corrected chi connectivity index (χ1v) is 18.5. The van der Waals surface area contributed by atoms with Crippen LogP contribution in [0.3, 0.4) is 0 Å². The van der Waals surface area contributed by atoms with Crippen molar-refractivity contribution in [2.45, 2.75) is 0 Å². The molecule has 0 atom stereocenters. The molecule has 4 amide bonds. The van der Waals surface area contributed by atoms with Crippen LogP contribution in [0.15, 0.2) is 45.3 Å². The van der Waals surface area contributed by atoms with Crippen molar-refractivity contribution < 1.29 is 47.6 Å². The summed E-state index contributed by atoms with van der Waals surface area (Å²) in [5, 5.41) is 5.79. The van der Waals surface area contributed by atoms with Crippen LogP contribution in [0.1, 0.15) is 41.4 Å². The number of amides is 4. The van der Waals surface area contributed by atoms with Crippen LogP contribution in [0, 0.1) is 0 Å². The number of methoxy groups -OCH3 is 2. The van der Waals surface area contributed by atoms with Crippen molar-refractivity contribution in [3.8, 4) is 0 Å². The lowest BCUT2D eigenvalue weighted by molar-refractivity contribution is 0.0188. The fourth-order valence-corrected chi connectivity index (χ4v) is 8.40. The summed E-state index contributed by atoms with van der Waals surface area (Å²) in [6.07, 6.45) is 0. The molecule has 0 radical (unpaired) electrons. The second kappa shape index (κ2) is 15.8. The Morgan fingerprint density at radius 3 is 1.17 bits per heavy atom. The fraction of sp³-hybridized carbons (Fsp3) is 0.368. The van der Waals surface area contributed by atoms with Gasteiger partial charge in [0.15, 0.2) is 0 Å². The number of carbonyl (C=O) groups excluding carboxylic acids is 4. The van der Waals surface area contributed by atoms with Crippen molar-refractivity contribution in [1.82, 2.24) is 9.80 Å². The Morgan fingerprint density at radius 1 is 0.442 bits per heavy atom. The van der Waals surface area contributed by atoms with E-state index in [1.165, 1.54) is 9.80 Å². The standard InChI is InChI=1S/C38H36Br2N2O10/c1-47-11-13-51-17-15-49-9-7-41-35(43)23-5-3-21-32-28(40)20-26-30-24(36(44)42(38(26)46)8-10-50-16-18-52-14-12-48-2)6-4-22(34(30)32)31-27(39)19-25(37(41)45)29(23)33(21)31/h3-6,19-20H,7-18H2,1-2H3. The monoisotopic (exact) mass is 838 g/mol. The Kier molecular flexibility index (Phi) is 11.2. The lowest BCUT2D eigenvalue weighted by Gasteiger charge is -2.30. The van der Waals surface area contributed by atoms with Crippen LogP contribution < -0.4 is 0 Å². The zero-order chi connectivity index (χ0) is 36.5. The number of rotatable bonds is 18. The summed E-state index contributed by atoms with van der Waals surface area (Å²) in [4.78, 5) is 58.0. The molecule has 5 aromatic rings. The van der Waals surface area contributed by atoms with Gasteiger partial charge in [-0.3, -0.25) is 29.0 Å². The number of hydrogen-bond donors (Lipinski definition) is 0. The van der Waals surface area contributed by atoms with Crippen LogP contribution in [0.5, 0.6) is 0 Å². The molecule has 272 valence electrons. The Labute approximate surface area is 315 Å². The number of halogens is 2. The minimum absolute atomic E-state index is 0.0888. The lowest BCUT2D eigenvalue weighted by Crippen LogP contribution is -2.42. The molecular weight excluding hydrogens is 804 g/mol. The van der Waals surface area contributed by atoms with E-state index in [1.54, 1.807) is 38.5 Å². The van der Waals surface area contributed by atoms with E-state index in [1.807, 2.05) is 12.1 Å². The van der Waals surface area contributed by atoms with Gasteiger partial charge in [0.1, 0.15) is 0 Å². The molecule has 12 nitrogen and oxygen atoms in total. The summed E-state index contributed by atoms with van der Waals surface area (Å²) in [7, 11) is 3.20. The SMILES string of the molecule is COCCOCCOCCN1C(=O)c2ccc3c4c(Br)cc5c6c(ccc(c7c(Br)cc(c2c37)C1=O)c64)C(=O)N(CCOCCOCCOC)C5=O. The Morgan fingerprint density at radius 2 is 0.788 bits per heavy atom. The number of ether oxygens (including phenoxy) is 6. The maximum absolute atomic E-state index is 13.9.